The Kier molecular flexibility index (Phi) is 6.54. The molecule has 0 radical (unpaired) electrons. The molecule has 0 fully saturated rings. The first-order chi connectivity index (χ1) is 12.4. The van der Waals surface area contributed by atoms with Crippen molar-refractivity contribution in [3.8, 4) is 17.2 Å². The molecule has 0 saturated heterocycles. The molecule has 9 heteroatoms. The van der Waals surface area contributed by atoms with Crippen LogP contribution in [0.25, 0.3) is 0 Å². The summed E-state index contributed by atoms with van der Waals surface area (Å²) in [5.74, 6) is -0.744. The Morgan fingerprint density at radius 2 is 1.15 bits per heavy atom. The Balaban J connectivity index is 2.17. The molecule has 0 atom stereocenters. The number of halogens is 2. The van der Waals surface area contributed by atoms with E-state index in [4.69, 9.17) is 37.4 Å². The van der Waals surface area contributed by atoms with Crippen molar-refractivity contribution in [1.29, 1.82) is 0 Å². The van der Waals surface area contributed by atoms with E-state index in [2.05, 4.69) is 10.6 Å². The molecule has 0 aromatic heterocycles. The molecule has 26 heavy (non-hydrogen) atoms. The molecule has 2 amide bonds. The Morgan fingerprint density at radius 3 is 1.54 bits per heavy atom. The van der Waals surface area contributed by atoms with E-state index in [0.29, 0.717) is 38.7 Å². The van der Waals surface area contributed by atoms with Crippen LogP contribution in [0, 0.1) is 0 Å². The van der Waals surface area contributed by atoms with E-state index < -0.39 is 11.8 Å². The molecule has 138 valence electrons. The largest absolute Gasteiger partial charge is 0.493 e. The molecule has 7 nitrogen and oxygen atoms in total. The third-order valence-corrected chi connectivity index (χ3v) is 3.69. The van der Waals surface area contributed by atoms with Crippen LogP contribution in [0.1, 0.15) is 0 Å². The van der Waals surface area contributed by atoms with Gasteiger partial charge in [-0.25, -0.2) is 0 Å². The third-order valence-electron chi connectivity index (χ3n) is 3.25. The summed E-state index contributed by atoms with van der Waals surface area (Å²) in [7, 11) is 4.35. The van der Waals surface area contributed by atoms with Crippen molar-refractivity contribution < 1.29 is 23.8 Å². The normalized spacial score (nSPS) is 10.0. The highest BCUT2D eigenvalue weighted by molar-refractivity contribution is 6.44. The molecule has 2 aromatic rings. The second-order valence-corrected chi connectivity index (χ2v) is 5.85. The van der Waals surface area contributed by atoms with Gasteiger partial charge in [0, 0.05) is 33.6 Å². The number of benzene rings is 2. The van der Waals surface area contributed by atoms with Gasteiger partial charge in [0.1, 0.15) is 0 Å². The highest BCUT2D eigenvalue weighted by Gasteiger charge is 2.18. The fourth-order valence-corrected chi connectivity index (χ4v) is 2.68. The Morgan fingerprint density at radius 1 is 0.731 bits per heavy atom. The van der Waals surface area contributed by atoms with Crippen LogP contribution in [-0.2, 0) is 9.59 Å². The van der Waals surface area contributed by atoms with Crippen LogP contribution in [0.2, 0.25) is 10.0 Å². The monoisotopic (exact) mass is 398 g/mol. The maximum atomic E-state index is 12.1. The first-order valence-electron chi connectivity index (χ1n) is 7.26. The van der Waals surface area contributed by atoms with Gasteiger partial charge in [-0.15, -0.1) is 0 Å². The summed E-state index contributed by atoms with van der Waals surface area (Å²) < 4.78 is 15.6. The minimum atomic E-state index is -0.893. The zero-order valence-corrected chi connectivity index (χ0v) is 15.7. The summed E-state index contributed by atoms with van der Waals surface area (Å²) in [6.45, 7) is 0. The van der Waals surface area contributed by atoms with Gasteiger partial charge in [0.15, 0.2) is 11.5 Å². The molecule has 2 rings (SSSR count). The summed E-state index contributed by atoms with van der Waals surface area (Å²) >= 11 is 11.7. The van der Waals surface area contributed by atoms with Gasteiger partial charge in [0.25, 0.3) is 0 Å². The maximum absolute atomic E-state index is 12.1. The molecule has 0 spiro atoms. The Hall–Kier alpha value is -2.64. The van der Waals surface area contributed by atoms with Crippen LogP contribution in [0.5, 0.6) is 17.2 Å². The SMILES string of the molecule is COc1cc(NC(=O)C(=O)Nc2cc(Cl)cc(Cl)c2)cc(OC)c1OC. The highest BCUT2D eigenvalue weighted by Crippen LogP contribution is 2.39. The molecule has 0 heterocycles. The summed E-state index contributed by atoms with van der Waals surface area (Å²) in [5, 5.41) is 5.54. The fourth-order valence-electron chi connectivity index (χ4n) is 2.15. The van der Waals surface area contributed by atoms with Gasteiger partial charge in [-0.3, -0.25) is 9.59 Å². The lowest BCUT2D eigenvalue weighted by Crippen LogP contribution is -2.29. The minimum absolute atomic E-state index is 0.295. The molecule has 0 unspecified atom stereocenters. The van der Waals surface area contributed by atoms with Gasteiger partial charge in [-0.05, 0) is 18.2 Å². The number of carbonyl (C=O) groups is 2. The van der Waals surface area contributed by atoms with Crippen molar-refractivity contribution in [2.45, 2.75) is 0 Å². The predicted octanol–water partition coefficient (Wildman–Crippen LogP) is 3.60. The molecule has 0 aliphatic carbocycles. The van der Waals surface area contributed by atoms with Crippen molar-refractivity contribution in [2.24, 2.45) is 0 Å². The number of amides is 2. The Labute approximate surface area is 160 Å². The zero-order chi connectivity index (χ0) is 19.3. The van der Waals surface area contributed by atoms with Crippen molar-refractivity contribution in [3.05, 3.63) is 40.4 Å². The number of methoxy groups -OCH3 is 3. The van der Waals surface area contributed by atoms with E-state index in [-0.39, 0.29) is 0 Å². The number of anilines is 2. The van der Waals surface area contributed by atoms with E-state index in [0.717, 1.165) is 0 Å². The third kappa shape index (κ3) is 4.71. The van der Waals surface area contributed by atoms with Gasteiger partial charge in [-0.1, -0.05) is 23.2 Å². The van der Waals surface area contributed by atoms with Gasteiger partial charge in [0.2, 0.25) is 5.75 Å². The fraction of sp³-hybridized carbons (Fsp3) is 0.176. The van der Waals surface area contributed by atoms with Gasteiger partial charge < -0.3 is 24.8 Å². The molecule has 2 N–H and O–H groups in total. The summed E-state index contributed by atoms with van der Waals surface area (Å²) in [6.07, 6.45) is 0. The minimum Gasteiger partial charge on any atom is -0.493 e. The van der Waals surface area contributed by atoms with E-state index in [1.165, 1.54) is 51.7 Å². The van der Waals surface area contributed by atoms with E-state index >= 15 is 0 Å². The number of rotatable bonds is 5. The standard InChI is InChI=1S/C17H16Cl2N2O5/c1-24-13-7-12(8-14(25-2)15(13)26-3)21-17(23)16(22)20-11-5-9(18)4-10(19)6-11/h4-8H,1-3H3,(H,20,22)(H,21,23). The first-order valence-corrected chi connectivity index (χ1v) is 8.02. The number of nitrogens with one attached hydrogen (secondary N) is 2. The van der Waals surface area contributed by atoms with Gasteiger partial charge in [0.05, 0.1) is 21.3 Å². The molecule has 0 aliphatic rings. The van der Waals surface area contributed by atoms with Crippen LogP contribution in [0.15, 0.2) is 30.3 Å². The van der Waals surface area contributed by atoms with Crippen LogP contribution in [0.3, 0.4) is 0 Å². The van der Waals surface area contributed by atoms with Crippen LogP contribution in [-0.4, -0.2) is 33.1 Å². The average molecular weight is 399 g/mol. The van der Waals surface area contributed by atoms with Crippen molar-refractivity contribution in [2.75, 3.05) is 32.0 Å². The average Bonchev–Trinajstić information content (AvgIpc) is 2.59. The second-order valence-electron chi connectivity index (χ2n) is 4.98. The molecule has 0 saturated carbocycles. The lowest BCUT2D eigenvalue weighted by molar-refractivity contribution is -0.133. The summed E-state index contributed by atoms with van der Waals surface area (Å²) in [6, 6.07) is 7.45. The summed E-state index contributed by atoms with van der Waals surface area (Å²) in [4.78, 5) is 24.2. The lowest BCUT2D eigenvalue weighted by Gasteiger charge is -2.14. The van der Waals surface area contributed by atoms with Crippen LogP contribution in [0.4, 0.5) is 11.4 Å². The number of carbonyl (C=O) groups excluding carboxylic acids is 2. The Bertz CT molecular complexity index is 797. The highest BCUT2D eigenvalue weighted by atomic mass is 35.5. The zero-order valence-electron chi connectivity index (χ0n) is 14.2. The van der Waals surface area contributed by atoms with E-state index in [9.17, 15) is 9.59 Å². The molecule has 2 aromatic carbocycles. The molecular weight excluding hydrogens is 383 g/mol. The van der Waals surface area contributed by atoms with Crippen molar-refractivity contribution in [3.63, 3.8) is 0 Å². The lowest BCUT2D eigenvalue weighted by atomic mass is 10.2. The smallest absolute Gasteiger partial charge is 0.314 e. The molecular formula is C17H16Cl2N2O5. The van der Waals surface area contributed by atoms with Crippen molar-refractivity contribution in [1.82, 2.24) is 0 Å². The molecule has 0 aliphatic heterocycles. The predicted molar refractivity (Wildman–Crippen MR) is 99.8 cm³/mol. The van der Waals surface area contributed by atoms with E-state index in [1.807, 2.05) is 0 Å². The van der Waals surface area contributed by atoms with Crippen LogP contribution < -0.4 is 24.8 Å². The van der Waals surface area contributed by atoms with Gasteiger partial charge >= 0.3 is 11.8 Å². The first kappa shape index (κ1) is 19.7. The quantitative estimate of drug-likeness (QED) is 0.751. The number of ether oxygens (including phenoxy) is 3. The topological polar surface area (TPSA) is 85.9 Å². The second kappa shape index (κ2) is 8.64. The van der Waals surface area contributed by atoms with Gasteiger partial charge in [-0.2, -0.15) is 0 Å². The van der Waals surface area contributed by atoms with Crippen LogP contribution >= 0.6 is 23.2 Å². The summed E-state index contributed by atoms with van der Waals surface area (Å²) in [5.41, 5.74) is 0.594. The number of hydrogen-bond donors (Lipinski definition) is 2. The molecule has 0 bridgehead atoms. The van der Waals surface area contributed by atoms with E-state index in [1.54, 1.807) is 0 Å². The number of hydrogen-bond acceptors (Lipinski definition) is 5. The maximum Gasteiger partial charge on any atom is 0.314 e. The van der Waals surface area contributed by atoms with Crippen molar-refractivity contribution >= 4 is 46.4 Å².